The van der Waals surface area contributed by atoms with Crippen LogP contribution in [-0.2, 0) is 26.2 Å². The highest BCUT2D eigenvalue weighted by molar-refractivity contribution is 9.10. The minimum absolute atomic E-state index is 0.121. The number of halogens is 1. The lowest BCUT2D eigenvalue weighted by molar-refractivity contribution is -0.170. The van der Waals surface area contributed by atoms with E-state index in [1.807, 2.05) is 52.0 Å². The number of benzene rings is 1. The van der Waals surface area contributed by atoms with Crippen LogP contribution in [0.15, 0.2) is 28.7 Å². The van der Waals surface area contributed by atoms with Crippen LogP contribution in [0.5, 0.6) is 0 Å². The van der Waals surface area contributed by atoms with Crippen LogP contribution in [0.25, 0.3) is 0 Å². The zero-order valence-electron chi connectivity index (χ0n) is 14.5. The van der Waals surface area contributed by atoms with Crippen molar-refractivity contribution in [2.75, 3.05) is 14.2 Å². The van der Waals surface area contributed by atoms with Crippen molar-refractivity contribution >= 4 is 32.8 Å². The molecule has 0 fully saturated rings. The molecule has 0 bridgehead atoms. The Morgan fingerprint density at radius 1 is 1.35 bits per heavy atom. The van der Waals surface area contributed by atoms with Gasteiger partial charge in [0.2, 0.25) is 5.91 Å². The minimum atomic E-state index is -1.32. The summed E-state index contributed by atoms with van der Waals surface area (Å²) in [7, 11) is 1.68. The van der Waals surface area contributed by atoms with Gasteiger partial charge in [0, 0.05) is 11.5 Å². The van der Waals surface area contributed by atoms with E-state index in [1.165, 1.54) is 12.2 Å². The maximum absolute atomic E-state index is 12.6. The predicted octanol–water partition coefficient (Wildman–Crippen LogP) is 3.13. The highest BCUT2D eigenvalue weighted by atomic mass is 79.9. The first-order valence-corrected chi connectivity index (χ1v) is 9.20. The topological polar surface area (TPSA) is 58.6 Å². The normalized spacial score (nSPS) is 15.8. The molecule has 0 aliphatic heterocycles. The molecule has 1 unspecified atom stereocenters. The molecule has 0 heterocycles. The van der Waals surface area contributed by atoms with E-state index in [4.69, 9.17) is 4.84 Å². The Labute approximate surface area is 149 Å². The Hall–Kier alpha value is -0.760. The molecule has 130 valence electrons. The Morgan fingerprint density at radius 2 is 1.96 bits per heavy atom. The van der Waals surface area contributed by atoms with Crippen LogP contribution in [0.1, 0.15) is 39.7 Å². The van der Waals surface area contributed by atoms with Crippen molar-refractivity contribution in [3.05, 3.63) is 34.3 Å². The Bertz CT molecular complexity index is 589. The molecule has 1 aromatic carbocycles. The van der Waals surface area contributed by atoms with E-state index in [0.717, 1.165) is 10.0 Å². The van der Waals surface area contributed by atoms with Crippen LogP contribution in [0.3, 0.4) is 0 Å². The van der Waals surface area contributed by atoms with Gasteiger partial charge in [0.05, 0.1) is 34.8 Å². The summed E-state index contributed by atoms with van der Waals surface area (Å²) in [6.07, 6.45) is 0.121. The van der Waals surface area contributed by atoms with Gasteiger partial charge in [-0.1, -0.05) is 28.1 Å². The quantitative estimate of drug-likeness (QED) is 0.740. The Balaban J connectivity index is 3.19. The number of nitrogens with one attached hydrogen (secondary N) is 1. The molecule has 0 spiro atoms. The van der Waals surface area contributed by atoms with E-state index < -0.39 is 21.3 Å². The summed E-state index contributed by atoms with van der Waals surface area (Å²) in [5, 5.41) is 1.18. The van der Waals surface area contributed by atoms with Crippen LogP contribution in [0, 0.1) is 0 Å². The van der Waals surface area contributed by atoms with Gasteiger partial charge in [-0.2, -0.15) is 0 Å². The second-order valence-electron chi connectivity index (χ2n) is 6.58. The van der Waals surface area contributed by atoms with Crippen molar-refractivity contribution in [3.63, 3.8) is 0 Å². The van der Waals surface area contributed by atoms with E-state index in [1.54, 1.807) is 7.05 Å². The van der Waals surface area contributed by atoms with Crippen LogP contribution in [0.4, 0.5) is 0 Å². The number of amides is 1. The first-order chi connectivity index (χ1) is 10.5. The largest absolute Gasteiger partial charge is 0.275 e. The van der Waals surface area contributed by atoms with Crippen molar-refractivity contribution in [1.82, 2.24) is 9.79 Å². The Kier molecular flexibility index (Phi) is 6.95. The molecule has 1 amide bonds. The molecule has 0 saturated carbocycles. The maximum Gasteiger partial charge on any atom is 0.248 e. The zero-order chi connectivity index (χ0) is 17.8. The molecule has 1 N–H and O–H groups in total. The minimum Gasteiger partial charge on any atom is -0.275 e. The molecule has 0 aliphatic rings. The van der Waals surface area contributed by atoms with Gasteiger partial charge in [-0.15, -0.1) is 0 Å². The fourth-order valence-corrected chi connectivity index (χ4v) is 3.21. The lowest BCUT2D eigenvalue weighted by Gasteiger charge is -2.34. The van der Waals surface area contributed by atoms with Crippen molar-refractivity contribution < 1.29 is 13.8 Å². The summed E-state index contributed by atoms with van der Waals surface area (Å²) >= 11 is 3.45. The molecule has 1 aromatic rings. The molecular weight excluding hydrogens is 380 g/mol. The Morgan fingerprint density at radius 3 is 2.43 bits per heavy atom. The lowest BCUT2D eigenvalue weighted by atomic mass is 9.89. The predicted molar refractivity (Wildman–Crippen MR) is 96.9 cm³/mol. The first kappa shape index (κ1) is 20.3. The second kappa shape index (κ2) is 7.88. The third-order valence-electron chi connectivity index (χ3n) is 3.47. The van der Waals surface area contributed by atoms with E-state index in [0.29, 0.717) is 0 Å². The third kappa shape index (κ3) is 5.67. The zero-order valence-corrected chi connectivity index (χ0v) is 16.9. The van der Waals surface area contributed by atoms with E-state index in [9.17, 15) is 9.00 Å². The smallest absolute Gasteiger partial charge is 0.248 e. The van der Waals surface area contributed by atoms with Gasteiger partial charge in [-0.25, -0.2) is 14.0 Å². The molecule has 0 saturated heterocycles. The number of hydroxylamine groups is 2. The van der Waals surface area contributed by atoms with E-state index in [2.05, 4.69) is 20.7 Å². The molecule has 1 rings (SSSR count). The van der Waals surface area contributed by atoms with E-state index in [-0.39, 0.29) is 12.3 Å². The average molecular weight is 405 g/mol. The van der Waals surface area contributed by atoms with Crippen LogP contribution in [0.2, 0.25) is 0 Å². The maximum atomic E-state index is 12.6. The van der Waals surface area contributed by atoms with Crippen molar-refractivity contribution in [3.8, 4) is 0 Å². The number of hydrogen-bond donors (Lipinski definition) is 1. The molecule has 23 heavy (non-hydrogen) atoms. The van der Waals surface area contributed by atoms with Crippen molar-refractivity contribution in [1.29, 1.82) is 0 Å². The van der Waals surface area contributed by atoms with Gasteiger partial charge in [-0.3, -0.25) is 9.63 Å². The first-order valence-electron chi connectivity index (χ1n) is 7.26. The van der Waals surface area contributed by atoms with Crippen LogP contribution in [-0.4, -0.2) is 34.1 Å². The fraction of sp³-hybridized carbons (Fsp3) is 0.562. The SMILES string of the molecule is CON(C)C(=O)C[C@](C)(NS(=O)C(C)(C)C)c1cccc(Br)c1. The molecule has 2 atom stereocenters. The van der Waals surface area contributed by atoms with Gasteiger partial charge in [-0.05, 0) is 45.4 Å². The standard InChI is InChI=1S/C16H25BrN2O3S/c1-15(2,3)23(21)18-16(4,11-14(20)19(5)22-6)12-8-7-9-13(17)10-12/h7-10,18H,11H2,1-6H3/t16-,23?/m0/s1. The number of carbonyl (C=O) groups is 1. The third-order valence-corrected chi connectivity index (χ3v) is 5.71. The van der Waals surface area contributed by atoms with Gasteiger partial charge >= 0.3 is 0 Å². The molecule has 0 radical (unpaired) electrons. The van der Waals surface area contributed by atoms with Crippen molar-refractivity contribution in [2.45, 2.75) is 44.4 Å². The summed E-state index contributed by atoms with van der Waals surface area (Å²) in [4.78, 5) is 17.3. The molecular formula is C16H25BrN2O3S. The summed E-state index contributed by atoms with van der Waals surface area (Å²) in [6.45, 7) is 7.54. The van der Waals surface area contributed by atoms with Gasteiger partial charge in [0.25, 0.3) is 0 Å². The summed E-state index contributed by atoms with van der Waals surface area (Å²) in [6, 6.07) is 7.64. The second-order valence-corrected chi connectivity index (χ2v) is 9.46. The monoisotopic (exact) mass is 404 g/mol. The van der Waals surface area contributed by atoms with Gasteiger partial charge < -0.3 is 0 Å². The average Bonchev–Trinajstić information content (AvgIpc) is 2.45. The molecule has 7 heteroatoms. The fourth-order valence-electron chi connectivity index (χ4n) is 1.90. The number of hydrogen-bond acceptors (Lipinski definition) is 3. The number of carbonyl (C=O) groups excluding carboxylic acids is 1. The summed E-state index contributed by atoms with van der Waals surface area (Å²) in [5.41, 5.74) is 0.0912. The van der Waals surface area contributed by atoms with E-state index >= 15 is 0 Å². The highest BCUT2D eigenvalue weighted by Crippen LogP contribution is 2.29. The number of rotatable bonds is 6. The molecule has 0 aromatic heterocycles. The summed E-state index contributed by atoms with van der Waals surface area (Å²) in [5.74, 6) is -0.201. The molecule has 5 nitrogen and oxygen atoms in total. The van der Waals surface area contributed by atoms with Gasteiger partial charge in [0.15, 0.2) is 0 Å². The highest BCUT2D eigenvalue weighted by Gasteiger charge is 2.35. The lowest BCUT2D eigenvalue weighted by Crippen LogP contribution is -2.48. The number of nitrogens with zero attached hydrogens (tertiary/aromatic N) is 1. The van der Waals surface area contributed by atoms with Crippen LogP contribution < -0.4 is 4.72 Å². The van der Waals surface area contributed by atoms with Crippen molar-refractivity contribution in [2.24, 2.45) is 0 Å². The van der Waals surface area contributed by atoms with Crippen LogP contribution >= 0.6 is 15.9 Å². The molecule has 0 aliphatic carbocycles. The van der Waals surface area contributed by atoms with Gasteiger partial charge in [0.1, 0.15) is 0 Å². The summed E-state index contributed by atoms with van der Waals surface area (Å²) < 4.78 is 16.2.